The van der Waals surface area contributed by atoms with E-state index in [1.165, 1.54) is 25.1 Å². The van der Waals surface area contributed by atoms with Crippen LogP contribution in [0, 0.1) is 12.7 Å². The van der Waals surface area contributed by atoms with E-state index in [2.05, 4.69) is 10.2 Å². The van der Waals surface area contributed by atoms with Gasteiger partial charge in [0.25, 0.3) is 0 Å². The number of rotatable bonds is 4. The Hall–Kier alpha value is -2.24. The lowest BCUT2D eigenvalue weighted by Gasteiger charge is -2.07. The number of nitrogens with zero attached hydrogens (tertiary/aromatic N) is 3. The third-order valence-electron chi connectivity index (χ3n) is 2.88. The van der Waals surface area contributed by atoms with Gasteiger partial charge in [-0.2, -0.15) is 0 Å². The molecule has 0 fully saturated rings. The van der Waals surface area contributed by atoms with E-state index >= 15 is 0 Å². The summed E-state index contributed by atoms with van der Waals surface area (Å²) in [4.78, 5) is 11.1. The molecule has 0 unspecified atom stereocenters. The van der Waals surface area contributed by atoms with E-state index in [0.717, 1.165) is 5.82 Å². The summed E-state index contributed by atoms with van der Waals surface area (Å²) in [5, 5.41) is 7.80. The van der Waals surface area contributed by atoms with Crippen molar-refractivity contribution in [3.63, 3.8) is 0 Å². The van der Waals surface area contributed by atoms with Gasteiger partial charge in [0.05, 0.1) is 0 Å². The van der Waals surface area contributed by atoms with Crippen molar-refractivity contribution in [1.29, 1.82) is 0 Å². The van der Waals surface area contributed by atoms with Crippen molar-refractivity contribution in [1.82, 2.24) is 14.8 Å². The first-order valence-corrected chi connectivity index (χ1v) is 5.77. The Morgan fingerprint density at radius 2 is 2.16 bits per heavy atom. The first kappa shape index (κ1) is 13.2. The smallest absolute Gasteiger partial charge is 0.170 e. The summed E-state index contributed by atoms with van der Waals surface area (Å²) < 4.78 is 20.8. The van der Waals surface area contributed by atoms with Gasteiger partial charge in [-0.3, -0.25) is 4.79 Å². The lowest BCUT2D eigenvalue weighted by atomic mass is 10.1. The van der Waals surface area contributed by atoms with Gasteiger partial charge in [0, 0.05) is 12.6 Å². The van der Waals surface area contributed by atoms with Crippen molar-refractivity contribution >= 4 is 5.78 Å². The van der Waals surface area contributed by atoms with E-state index in [-0.39, 0.29) is 18.1 Å². The van der Waals surface area contributed by atoms with Crippen LogP contribution in [0.4, 0.5) is 4.39 Å². The molecule has 5 nitrogen and oxygen atoms in total. The Morgan fingerprint density at radius 1 is 1.42 bits per heavy atom. The Morgan fingerprint density at radius 3 is 2.68 bits per heavy atom. The molecule has 0 radical (unpaired) electrons. The number of halogens is 1. The minimum atomic E-state index is -0.563. The second-order valence-corrected chi connectivity index (χ2v) is 4.21. The number of hydrogen-bond acceptors (Lipinski definition) is 4. The lowest BCUT2D eigenvalue weighted by molar-refractivity contribution is 0.101. The average Bonchev–Trinajstić information content (AvgIpc) is 2.68. The summed E-state index contributed by atoms with van der Waals surface area (Å²) in [6.07, 6.45) is 0. The highest BCUT2D eigenvalue weighted by Gasteiger charge is 2.10. The van der Waals surface area contributed by atoms with Crippen LogP contribution in [0.15, 0.2) is 18.2 Å². The molecular formula is C13H14FN3O2. The molecule has 0 amide bonds. The van der Waals surface area contributed by atoms with Gasteiger partial charge >= 0.3 is 0 Å². The number of benzene rings is 1. The van der Waals surface area contributed by atoms with Crippen LogP contribution in [0.3, 0.4) is 0 Å². The zero-order valence-electron chi connectivity index (χ0n) is 11.0. The second kappa shape index (κ2) is 5.17. The molecule has 0 aliphatic carbocycles. The van der Waals surface area contributed by atoms with Gasteiger partial charge in [-0.25, -0.2) is 4.39 Å². The third-order valence-corrected chi connectivity index (χ3v) is 2.88. The largest absolute Gasteiger partial charge is 0.483 e. The lowest BCUT2D eigenvalue weighted by Crippen LogP contribution is -2.05. The Bertz CT molecular complexity index is 622. The van der Waals surface area contributed by atoms with E-state index in [1.54, 1.807) is 4.57 Å². The molecule has 1 aromatic heterocycles. The molecule has 1 aromatic carbocycles. The van der Waals surface area contributed by atoms with Crippen molar-refractivity contribution in [2.24, 2.45) is 7.05 Å². The third kappa shape index (κ3) is 2.78. The normalized spacial score (nSPS) is 10.5. The predicted octanol–water partition coefficient (Wildman–Crippen LogP) is 2.04. The molecule has 0 aliphatic rings. The summed E-state index contributed by atoms with van der Waals surface area (Å²) in [6.45, 7) is 3.32. The van der Waals surface area contributed by atoms with E-state index < -0.39 is 5.82 Å². The fourth-order valence-corrected chi connectivity index (χ4v) is 1.56. The first-order chi connectivity index (χ1) is 8.99. The van der Waals surface area contributed by atoms with Crippen molar-refractivity contribution in [3.05, 3.63) is 41.2 Å². The SMILES string of the molecule is CC(=O)c1ccc(OCc2nnc(C)n2C)c(F)c1. The van der Waals surface area contributed by atoms with Crippen LogP contribution in [0.5, 0.6) is 5.75 Å². The van der Waals surface area contributed by atoms with E-state index in [9.17, 15) is 9.18 Å². The van der Waals surface area contributed by atoms with Gasteiger partial charge in [0.2, 0.25) is 0 Å². The maximum Gasteiger partial charge on any atom is 0.170 e. The fourth-order valence-electron chi connectivity index (χ4n) is 1.56. The molecule has 1 heterocycles. The first-order valence-electron chi connectivity index (χ1n) is 5.77. The van der Waals surface area contributed by atoms with Crippen LogP contribution in [0.2, 0.25) is 0 Å². The quantitative estimate of drug-likeness (QED) is 0.792. The summed E-state index contributed by atoms with van der Waals surface area (Å²) >= 11 is 0. The standard InChI is InChI=1S/C13H14FN3O2/c1-8(18)10-4-5-12(11(14)6-10)19-7-13-16-15-9(2)17(13)3/h4-6H,7H2,1-3H3. The minimum Gasteiger partial charge on any atom is -0.483 e. The number of ether oxygens (including phenoxy) is 1. The van der Waals surface area contributed by atoms with Crippen LogP contribution >= 0.6 is 0 Å². The van der Waals surface area contributed by atoms with Crippen LogP contribution in [-0.2, 0) is 13.7 Å². The second-order valence-electron chi connectivity index (χ2n) is 4.21. The number of carbonyl (C=O) groups excluding carboxylic acids is 1. The molecule has 19 heavy (non-hydrogen) atoms. The van der Waals surface area contributed by atoms with Crippen LogP contribution in [0.1, 0.15) is 28.9 Å². The zero-order valence-corrected chi connectivity index (χ0v) is 11.0. The highest BCUT2D eigenvalue weighted by molar-refractivity contribution is 5.94. The molecule has 0 saturated heterocycles. The van der Waals surface area contributed by atoms with Crippen molar-refractivity contribution in [2.45, 2.75) is 20.5 Å². The molecular weight excluding hydrogens is 249 g/mol. The van der Waals surface area contributed by atoms with E-state index in [0.29, 0.717) is 11.4 Å². The number of aryl methyl sites for hydroxylation is 1. The zero-order chi connectivity index (χ0) is 14.0. The number of Topliss-reactive ketones (excluding diaryl/α,β-unsaturated/α-hetero) is 1. The molecule has 0 saturated carbocycles. The number of hydrogen-bond donors (Lipinski definition) is 0. The molecule has 6 heteroatoms. The van der Waals surface area contributed by atoms with Gasteiger partial charge in [-0.05, 0) is 32.0 Å². The van der Waals surface area contributed by atoms with Gasteiger partial charge in [0.15, 0.2) is 23.2 Å². The predicted molar refractivity (Wildman–Crippen MR) is 66.5 cm³/mol. The Kier molecular flexibility index (Phi) is 3.59. The maximum atomic E-state index is 13.7. The topological polar surface area (TPSA) is 57.0 Å². The monoisotopic (exact) mass is 263 g/mol. The minimum absolute atomic E-state index is 0.0886. The highest BCUT2D eigenvalue weighted by atomic mass is 19.1. The average molecular weight is 263 g/mol. The molecule has 2 rings (SSSR count). The van der Waals surface area contributed by atoms with Crippen LogP contribution < -0.4 is 4.74 Å². The maximum absolute atomic E-state index is 13.7. The molecule has 0 aliphatic heterocycles. The van der Waals surface area contributed by atoms with E-state index in [1.807, 2.05) is 14.0 Å². The van der Waals surface area contributed by atoms with Gasteiger partial charge in [0.1, 0.15) is 12.4 Å². The van der Waals surface area contributed by atoms with Gasteiger partial charge < -0.3 is 9.30 Å². The van der Waals surface area contributed by atoms with Crippen LogP contribution in [-0.4, -0.2) is 20.5 Å². The molecule has 0 atom stereocenters. The van der Waals surface area contributed by atoms with Gasteiger partial charge in [-0.1, -0.05) is 0 Å². The van der Waals surface area contributed by atoms with Crippen molar-refractivity contribution in [2.75, 3.05) is 0 Å². The fraction of sp³-hybridized carbons (Fsp3) is 0.308. The Balaban J connectivity index is 2.12. The van der Waals surface area contributed by atoms with E-state index in [4.69, 9.17) is 4.74 Å². The molecule has 0 N–H and O–H groups in total. The van der Waals surface area contributed by atoms with Crippen molar-refractivity contribution in [3.8, 4) is 5.75 Å². The van der Waals surface area contributed by atoms with Crippen LogP contribution in [0.25, 0.3) is 0 Å². The highest BCUT2D eigenvalue weighted by Crippen LogP contribution is 2.19. The van der Waals surface area contributed by atoms with Gasteiger partial charge in [-0.15, -0.1) is 10.2 Å². The summed E-state index contributed by atoms with van der Waals surface area (Å²) in [5.41, 5.74) is 0.319. The Labute approximate surface area is 110 Å². The number of ketones is 1. The number of aromatic nitrogens is 3. The molecule has 0 bridgehead atoms. The number of carbonyl (C=O) groups is 1. The molecule has 100 valence electrons. The summed E-state index contributed by atoms with van der Waals surface area (Å²) in [7, 11) is 1.81. The summed E-state index contributed by atoms with van der Waals surface area (Å²) in [6, 6.07) is 4.14. The molecule has 0 spiro atoms. The van der Waals surface area contributed by atoms with Crippen molar-refractivity contribution < 1.29 is 13.9 Å². The molecule has 2 aromatic rings. The summed E-state index contributed by atoms with van der Waals surface area (Å²) in [5.74, 6) is 0.699.